The van der Waals surface area contributed by atoms with Gasteiger partial charge in [0.25, 0.3) is 0 Å². The maximum Gasteiger partial charge on any atom is 0.449 e. The van der Waals surface area contributed by atoms with Crippen molar-refractivity contribution in [1.29, 1.82) is 0 Å². The second-order valence-corrected chi connectivity index (χ2v) is 6.62. The Labute approximate surface area is 143 Å². The fourth-order valence-corrected chi connectivity index (χ4v) is 2.76. The first kappa shape index (κ1) is 19.7. The highest BCUT2D eigenvalue weighted by molar-refractivity contribution is 6.30. The van der Waals surface area contributed by atoms with Crippen LogP contribution in [0.1, 0.15) is 25.2 Å². The van der Waals surface area contributed by atoms with Crippen LogP contribution in [-0.2, 0) is 22.3 Å². The first-order chi connectivity index (χ1) is 11.3. The quantitative estimate of drug-likeness (QED) is 0.517. The number of furan rings is 1. The van der Waals surface area contributed by atoms with Crippen LogP contribution in [0.5, 0.6) is 0 Å². The number of halogens is 7. The number of hydrogen-bond donors (Lipinski definition) is 0. The van der Waals surface area contributed by atoms with Gasteiger partial charge in [0, 0.05) is 5.56 Å². The van der Waals surface area contributed by atoms with Gasteiger partial charge in [-0.3, -0.25) is 4.79 Å². The summed E-state index contributed by atoms with van der Waals surface area (Å²) in [7, 11) is 0. The van der Waals surface area contributed by atoms with E-state index in [1.54, 1.807) is 13.8 Å². The topological polar surface area (TPSA) is 39.4 Å². The third-order valence-electron chi connectivity index (χ3n) is 4.14. The number of rotatable bonds is 4. The zero-order chi connectivity index (χ0) is 19.2. The van der Waals surface area contributed by atoms with Gasteiger partial charge in [-0.1, -0.05) is 31.5 Å². The summed E-state index contributed by atoms with van der Waals surface area (Å²) < 4.78 is 84.5. The minimum atomic E-state index is -4.74. The predicted octanol–water partition coefficient (Wildman–Crippen LogP) is 5.30. The lowest BCUT2D eigenvalue weighted by atomic mass is 10.1. The molecule has 0 aromatic carbocycles. The van der Waals surface area contributed by atoms with Crippen LogP contribution in [0, 0.1) is 17.3 Å². The molecule has 1 saturated carbocycles. The summed E-state index contributed by atoms with van der Waals surface area (Å²) in [6.45, 7) is 2.39. The molecular formula is C15H13ClF6O3. The molecule has 0 aliphatic heterocycles. The van der Waals surface area contributed by atoms with Crippen LogP contribution in [-0.4, -0.2) is 12.1 Å². The van der Waals surface area contributed by atoms with Crippen LogP contribution in [0.2, 0.25) is 0 Å². The molecule has 0 saturated heterocycles. The van der Waals surface area contributed by atoms with Crippen LogP contribution < -0.4 is 0 Å². The second-order valence-electron chi connectivity index (χ2n) is 6.22. The number of carbonyl (C=O) groups excluding carboxylic acids is 1. The van der Waals surface area contributed by atoms with E-state index in [1.807, 2.05) is 0 Å². The molecule has 1 heterocycles. The summed E-state index contributed by atoms with van der Waals surface area (Å²) in [6, 6.07) is 1.01. The molecule has 1 aliphatic carbocycles. The fourth-order valence-electron chi connectivity index (χ4n) is 2.63. The molecular weight excluding hydrogens is 378 g/mol. The molecule has 1 aromatic heterocycles. The van der Waals surface area contributed by atoms with E-state index in [9.17, 15) is 31.1 Å². The standard InChI is InChI=1S/C15H13ClF6O3/c1-13(2)8(5-9(16)14(17,18)19)10(13)12(23)25-6-7-3-4-24-11(7)15(20,21)22/h3-5,8,10H,6H2,1-2H3/b9-5-/t8-,10-/m0/s1. The predicted molar refractivity (Wildman–Crippen MR) is 74.3 cm³/mol. The van der Waals surface area contributed by atoms with Crippen LogP contribution >= 0.6 is 11.6 Å². The van der Waals surface area contributed by atoms with E-state index in [4.69, 9.17) is 16.3 Å². The molecule has 3 nitrogen and oxygen atoms in total. The molecule has 0 amide bonds. The van der Waals surface area contributed by atoms with E-state index in [-0.39, 0.29) is 5.56 Å². The molecule has 1 fully saturated rings. The summed E-state index contributed by atoms with van der Waals surface area (Å²) in [4.78, 5) is 12.0. The summed E-state index contributed by atoms with van der Waals surface area (Å²) in [5, 5.41) is -1.35. The lowest BCUT2D eigenvalue weighted by Crippen LogP contribution is -2.13. The van der Waals surface area contributed by atoms with Gasteiger partial charge in [0.2, 0.25) is 5.76 Å². The molecule has 0 N–H and O–H groups in total. The van der Waals surface area contributed by atoms with Crippen molar-refractivity contribution in [2.75, 3.05) is 0 Å². The average molecular weight is 391 g/mol. The fraction of sp³-hybridized carbons (Fsp3) is 0.533. The Morgan fingerprint density at radius 1 is 1.32 bits per heavy atom. The Kier molecular flexibility index (Phi) is 4.93. The molecule has 140 valence electrons. The largest absolute Gasteiger partial charge is 0.460 e. The lowest BCUT2D eigenvalue weighted by molar-refractivity contribution is -0.157. The van der Waals surface area contributed by atoms with Crippen LogP contribution in [0.25, 0.3) is 0 Å². The number of hydrogen-bond acceptors (Lipinski definition) is 3. The highest BCUT2D eigenvalue weighted by Crippen LogP contribution is 2.60. The van der Waals surface area contributed by atoms with Gasteiger partial charge in [0.15, 0.2) is 0 Å². The highest BCUT2D eigenvalue weighted by Gasteiger charge is 2.62. The van der Waals surface area contributed by atoms with Crippen molar-refractivity contribution in [1.82, 2.24) is 0 Å². The number of ether oxygens (including phenoxy) is 1. The Hall–Kier alpha value is -1.64. The molecule has 25 heavy (non-hydrogen) atoms. The lowest BCUT2D eigenvalue weighted by Gasteiger charge is -2.08. The van der Waals surface area contributed by atoms with Gasteiger partial charge < -0.3 is 9.15 Å². The summed E-state index contributed by atoms with van der Waals surface area (Å²) >= 11 is 5.17. The van der Waals surface area contributed by atoms with Gasteiger partial charge in [-0.05, 0) is 17.4 Å². The zero-order valence-electron chi connectivity index (χ0n) is 13.0. The van der Waals surface area contributed by atoms with Gasteiger partial charge in [0.1, 0.15) is 11.6 Å². The van der Waals surface area contributed by atoms with Gasteiger partial charge in [0.05, 0.1) is 12.2 Å². The maximum atomic E-state index is 12.7. The molecule has 1 aliphatic rings. The molecule has 2 rings (SSSR count). The summed E-state index contributed by atoms with van der Waals surface area (Å²) in [5.41, 5.74) is -1.22. The molecule has 10 heteroatoms. The van der Waals surface area contributed by atoms with Crippen molar-refractivity contribution < 1.29 is 40.3 Å². The number of esters is 1. The Morgan fingerprint density at radius 3 is 2.44 bits per heavy atom. The monoisotopic (exact) mass is 390 g/mol. The third kappa shape index (κ3) is 4.13. The van der Waals surface area contributed by atoms with E-state index in [0.717, 1.165) is 18.4 Å². The molecule has 0 unspecified atom stereocenters. The van der Waals surface area contributed by atoms with Gasteiger partial charge in [-0.25, -0.2) is 0 Å². The van der Waals surface area contributed by atoms with Crippen molar-refractivity contribution in [3.05, 3.63) is 34.8 Å². The smallest absolute Gasteiger partial charge is 0.449 e. The maximum absolute atomic E-state index is 12.7. The Bertz CT molecular complexity index is 686. The Morgan fingerprint density at radius 2 is 1.92 bits per heavy atom. The van der Waals surface area contributed by atoms with Crippen LogP contribution in [0.3, 0.4) is 0 Å². The summed E-state index contributed by atoms with van der Waals surface area (Å²) in [6.07, 6.45) is -7.93. The van der Waals surface area contributed by atoms with Crippen molar-refractivity contribution in [3.8, 4) is 0 Å². The highest BCUT2D eigenvalue weighted by atomic mass is 35.5. The first-order valence-electron chi connectivity index (χ1n) is 7.01. The third-order valence-corrected chi connectivity index (χ3v) is 4.48. The Balaban J connectivity index is 2.04. The van der Waals surface area contributed by atoms with Gasteiger partial charge >= 0.3 is 18.3 Å². The van der Waals surface area contributed by atoms with E-state index in [0.29, 0.717) is 0 Å². The average Bonchev–Trinajstić information content (AvgIpc) is 2.83. The zero-order valence-corrected chi connectivity index (χ0v) is 13.7. The number of allylic oxidation sites excluding steroid dienone is 2. The number of carbonyl (C=O) groups is 1. The molecule has 0 spiro atoms. The molecule has 0 radical (unpaired) electrons. The molecule has 1 aromatic rings. The SMILES string of the molecule is CC1(C)[C@H](C(=O)OCc2ccoc2C(F)(F)F)[C@@H]1/C=C(\Cl)C(F)(F)F. The van der Waals surface area contributed by atoms with Crippen molar-refractivity contribution >= 4 is 17.6 Å². The summed E-state index contributed by atoms with van der Waals surface area (Å²) in [5.74, 6) is -3.93. The second kappa shape index (κ2) is 6.26. The normalized spacial score (nSPS) is 23.5. The van der Waals surface area contributed by atoms with E-state index in [1.165, 1.54) is 0 Å². The van der Waals surface area contributed by atoms with E-state index >= 15 is 0 Å². The number of alkyl halides is 6. The molecule has 0 bridgehead atoms. The van der Waals surface area contributed by atoms with E-state index < -0.39 is 53.0 Å². The van der Waals surface area contributed by atoms with E-state index in [2.05, 4.69) is 4.42 Å². The van der Waals surface area contributed by atoms with Gasteiger partial charge in [-0.15, -0.1) is 0 Å². The van der Waals surface area contributed by atoms with Crippen LogP contribution in [0.4, 0.5) is 26.3 Å². The molecule has 2 atom stereocenters. The first-order valence-corrected chi connectivity index (χ1v) is 7.38. The van der Waals surface area contributed by atoms with Crippen molar-refractivity contribution in [2.24, 2.45) is 17.3 Å². The van der Waals surface area contributed by atoms with Crippen molar-refractivity contribution in [3.63, 3.8) is 0 Å². The van der Waals surface area contributed by atoms with Gasteiger partial charge in [-0.2, -0.15) is 26.3 Å². The minimum Gasteiger partial charge on any atom is -0.460 e. The van der Waals surface area contributed by atoms with Crippen molar-refractivity contribution in [2.45, 2.75) is 32.8 Å². The minimum absolute atomic E-state index is 0.375. The van der Waals surface area contributed by atoms with Crippen LogP contribution in [0.15, 0.2) is 27.9 Å².